The summed E-state index contributed by atoms with van der Waals surface area (Å²) in [5.74, 6) is 0.284. The Balaban J connectivity index is 1.97. The number of hydrogen-bond donors (Lipinski definition) is 2. The molecule has 0 aromatic carbocycles. The van der Waals surface area contributed by atoms with Crippen LogP contribution in [0.5, 0.6) is 5.75 Å². The molecular weight excluding hydrogens is 164 g/mol. The molecule has 1 saturated carbocycles. The lowest BCUT2D eigenvalue weighted by molar-refractivity contribution is 0.459. The van der Waals surface area contributed by atoms with Crippen molar-refractivity contribution in [3.05, 3.63) is 24.0 Å². The molecule has 0 unspecified atom stereocenters. The van der Waals surface area contributed by atoms with Crippen molar-refractivity contribution < 1.29 is 5.11 Å². The molecule has 1 aromatic rings. The lowest BCUT2D eigenvalue weighted by atomic mass is 10.1. The molecule has 0 spiro atoms. The molecule has 0 bridgehead atoms. The van der Waals surface area contributed by atoms with Gasteiger partial charge in [0.1, 0.15) is 5.75 Å². The first-order chi connectivity index (χ1) is 6.20. The zero-order valence-corrected chi connectivity index (χ0v) is 7.53. The average Bonchev–Trinajstić information content (AvgIpc) is 2.83. The van der Waals surface area contributed by atoms with Crippen LogP contribution in [0.2, 0.25) is 0 Å². The second-order valence-electron chi connectivity index (χ2n) is 3.83. The van der Waals surface area contributed by atoms with Crippen molar-refractivity contribution in [1.29, 1.82) is 0 Å². The fourth-order valence-electron chi connectivity index (χ4n) is 1.40. The summed E-state index contributed by atoms with van der Waals surface area (Å²) < 4.78 is 0. The van der Waals surface area contributed by atoms with E-state index in [1.807, 2.05) is 0 Å². The van der Waals surface area contributed by atoms with Gasteiger partial charge in [0.25, 0.3) is 0 Å². The lowest BCUT2D eigenvalue weighted by Gasteiger charge is -2.07. The van der Waals surface area contributed by atoms with Crippen molar-refractivity contribution in [2.24, 2.45) is 5.73 Å². The van der Waals surface area contributed by atoms with Crippen LogP contribution in [0.1, 0.15) is 25.0 Å². The van der Waals surface area contributed by atoms with Crippen LogP contribution in [0.15, 0.2) is 18.3 Å². The standard InChI is InChI=1S/C10H14N2O/c11-10(5-6-10)4-3-8-9(13)2-1-7-12-8/h1-2,7,13H,3-6,11H2. The van der Waals surface area contributed by atoms with E-state index in [9.17, 15) is 5.11 Å². The van der Waals surface area contributed by atoms with E-state index >= 15 is 0 Å². The zero-order chi connectivity index (χ0) is 9.31. The number of hydrogen-bond acceptors (Lipinski definition) is 3. The lowest BCUT2D eigenvalue weighted by Crippen LogP contribution is -2.22. The van der Waals surface area contributed by atoms with E-state index in [4.69, 9.17) is 5.73 Å². The van der Waals surface area contributed by atoms with Crippen LogP contribution in [0.3, 0.4) is 0 Å². The topological polar surface area (TPSA) is 59.1 Å². The van der Waals surface area contributed by atoms with Gasteiger partial charge in [-0.3, -0.25) is 4.98 Å². The zero-order valence-electron chi connectivity index (χ0n) is 7.53. The highest BCUT2D eigenvalue weighted by molar-refractivity contribution is 5.25. The minimum Gasteiger partial charge on any atom is -0.506 e. The van der Waals surface area contributed by atoms with Gasteiger partial charge < -0.3 is 10.8 Å². The van der Waals surface area contributed by atoms with Crippen LogP contribution in [-0.2, 0) is 6.42 Å². The highest BCUT2D eigenvalue weighted by Gasteiger charge is 2.37. The van der Waals surface area contributed by atoms with Crippen LogP contribution in [0, 0.1) is 0 Å². The molecule has 70 valence electrons. The Morgan fingerprint density at radius 2 is 2.31 bits per heavy atom. The molecule has 13 heavy (non-hydrogen) atoms. The number of nitrogens with zero attached hydrogens (tertiary/aromatic N) is 1. The predicted octanol–water partition coefficient (Wildman–Crippen LogP) is 1.21. The summed E-state index contributed by atoms with van der Waals surface area (Å²) in [6.45, 7) is 0. The third kappa shape index (κ3) is 1.98. The van der Waals surface area contributed by atoms with Crippen molar-refractivity contribution in [3.8, 4) is 5.75 Å². The van der Waals surface area contributed by atoms with Crippen LogP contribution in [0.25, 0.3) is 0 Å². The molecule has 1 fully saturated rings. The number of pyridine rings is 1. The van der Waals surface area contributed by atoms with Crippen LogP contribution in [0.4, 0.5) is 0 Å². The normalized spacial score (nSPS) is 18.5. The van der Waals surface area contributed by atoms with Gasteiger partial charge in [0.2, 0.25) is 0 Å². The number of nitrogens with two attached hydrogens (primary N) is 1. The summed E-state index contributed by atoms with van der Waals surface area (Å²) in [5.41, 5.74) is 6.74. The van der Waals surface area contributed by atoms with E-state index in [0.29, 0.717) is 0 Å². The molecule has 0 saturated heterocycles. The Morgan fingerprint density at radius 3 is 2.92 bits per heavy atom. The molecule has 0 atom stereocenters. The third-order valence-electron chi connectivity index (χ3n) is 2.62. The van der Waals surface area contributed by atoms with E-state index in [2.05, 4.69) is 4.98 Å². The van der Waals surface area contributed by atoms with Gasteiger partial charge in [0.05, 0.1) is 5.69 Å². The average molecular weight is 178 g/mol. The first-order valence-electron chi connectivity index (χ1n) is 4.61. The summed E-state index contributed by atoms with van der Waals surface area (Å²) in [6, 6.07) is 3.40. The molecule has 2 rings (SSSR count). The van der Waals surface area contributed by atoms with Gasteiger partial charge >= 0.3 is 0 Å². The molecule has 3 N–H and O–H groups in total. The number of aromatic nitrogens is 1. The quantitative estimate of drug-likeness (QED) is 0.731. The van der Waals surface area contributed by atoms with Gasteiger partial charge in [-0.05, 0) is 37.8 Å². The van der Waals surface area contributed by atoms with Crippen molar-refractivity contribution in [3.63, 3.8) is 0 Å². The maximum Gasteiger partial charge on any atom is 0.137 e. The fourth-order valence-corrected chi connectivity index (χ4v) is 1.40. The van der Waals surface area contributed by atoms with Gasteiger partial charge in [-0.1, -0.05) is 0 Å². The molecule has 0 aliphatic heterocycles. The second kappa shape index (κ2) is 3.00. The monoisotopic (exact) mass is 178 g/mol. The summed E-state index contributed by atoms with van der Waals surface area (Å²) in [4.78, 5) is 4.10. The maximum atomic E-state index is 9.42. The van der Waals surface area contributed by atoms with Crippen molar-refractivity contribution in [1.82, 2.24) is 4.98 Å². The molecule has 1 aromatic heterocycles. The SMILES string of the molecule is NC1(CCc2ncccc2O)CC1. The molecule has 3 nitrogen and oxygen atoms in total. The van der Waals surface area contributed by atoms with Crippen molar-refractivity contribution >= 4 is 0 Å². The largest absolute Gasteiger partial charge is 0.506 e. The van der Waals surface area contributed by atoms with E-state index in [1.54, 1.807) is 18.3 Å². The molecule has 0 radical (unpaired) electrons. The second-order valence-corrected chi connectivity index (χ2v) is 3.83. The van der Waals surface area contributed by atoms with Crippen LogP contribution in [-0.4, -0.2) is 15.6 Å². The first kappa shape index (κ1) is 8.51. The Bertz CT molecular complexity index is 308. The fraction of sp³-hybridized carbons (Fsp3) is 0.500. The highest BCUT2D eigenvalue weighted by atomic mass is 16.3. The summed E-state index contributed by atoms with van der Waals surface area (Å²) >= 11 is 0. The van der Waals surface area contributed by atoms with Gasteiger partial charge in [0.15, 0.2) is 0 Å². The molecule has 3 heteroatoms. The third-order valence-corrected chi connectivity index (χ3v) is 2.62. The van der Waals surface area contributed by atoms with Gasteiger partial charge in [-0.15, -0.1) is 0 Å². The minimum atomic E-state index is 0.0456. The maximum absolute atomic E-state index is 9.42. The van der Waals surface area contributed by atoms with Crippen LogP contribution < -0.4 is 5.73 Å². The Kier molecular flexibility index (Phi) is 1.96. The Hall–Kier alpha value is -1.09. The molecule has 1 aliphatic rings. The Labute approximate surface area is 77.6 Å². The molecule has 0 amide bonds. The van der Waals surface area contributed by atoms with E-state index in [0.717, 1.165) is 31.4 Å². The summed E-state index contributed by atoms with van der Waals surface area (Å²) in [7, 11) is 0. The highest BCUT2D eigenvalue weighted by Crippen LogP contribution is 2.36. The predicted molar refractivity (Wildman–Crippen MR) is 50.4 cm³/mol. The van der Waals surface area contributed by atoms with E-state index in [-0.39, 0.29) is 11.3 Å². The van der Waals surface area contributed by atoms with Crippen molar-refractivity contribution in [2.45, 2.75) is 31.2 Å². The Morgan fingerprint density at radius 1 is 1.54 bits per heavy atom. The van der Waals surface area contributed by atoms with Gasteiger partial charge in [-0.25, -0.2) is 0 Å². The van der Waals surface area contributed by atoms with E-state index in [1.165, 1.54) is 0 Å². The number of aryl methyl sites for hydroxylation is 1. The van der Waals surface area contributed by atoms with Crippen molar-refractivity contribution in [2.75, 3.05) is 0 Å². The summed E-state index contributed by atoms with van der Waals surface area (Å²) in [5, 5.41) is 9.42. The minimum absolute atomic E-state index is 0.0456. The van der Waals surface area contributed by atoms with E-state index < -0.39 is 0 Å². The first-order valence-corrected chi connectivity index (χ1v) is 4.61. The van der Waals surface area contributed by atoms with Gasteiger partial charge in [0, 0.05) is 11.7 Å². The van der Waals surface area contributed by atoms with Crippen LogP contribution >= 0.6 is 0 Å². The smallest absolute Gasteiger partial charge is 0.137 e. The number of rotatable bonds is 3. The van der Waals surface area contributed by atoms with Gasteiger partial charge in [-0.2, -0.15) is 0 Å². The molecule has 1 heterocycles. The number of aromatic hydroxyl groups is 1. The summed E-state index contributed by atoms with van der Waals surface area (Å²) in [6.07, 6.45) is 5.63. The molecular formula is C10H14N2O. The molecule has 1 aliphatic carbocycles.